The Morgan fingerprint density at radius 2 is 1.96 bits per heavy atom. The van der Waals surface area contributed by atoms with Gasteiger partial charge in [0.15, 0.2) is 12.3 Å². The van der Waals surface area contributed by atoms with Crippen molar-refractivity contribution < 1.29 is 14.3 Å². The molecule has 2 aromatic rings. The van der Waals surface area contributed by atoms with Crippen LogP contribution in [0.2, 0.25) is 0 Å². The number of nitrogens with one attached hydrogen (secondary N) is 2. The maximum absolute atomic E-state index is 12.2. The average molecular weight is 345 g/mol. The Kier molecular flexibility index (Phi) is 6.68. The van der Waals surface area contributed by atoms with Crippen molar-refractivity contribution in [3.05, 3.63) is 40.3 Å². The summed E-state index contributed by atoms with van der Waals surface area (Å²) in [6.07, 6.45) is 4.18. The third kappa shape index (κ3) is 5.14. The topological polar surface area (TPSA) is 101 Å². The number of fused-ring (bicyclic) bond motifs is 1. The number of carbonyl (C=O) groups excluding carboxylic acids is 2. The van der Waals surface area contributed by atoms with Gasteiger partial charge >= 0.3 is 5.97 Å². The molecule has 7 nitrogen and oxygen atoms in total. The lowest BCUT2D eigenvalue weighted by atomic mass is 10.1. The van der Waals surface area contributed by atoms with Crippen LogP contribution < -0.4 is 10.9 Å². The first-order valence-corrected chi connectivity index (χ1v) is 8.46. The predicted molar refractivity (Wildman–Crippen MR) is 94.4 cm³/mol. The molecule has 1 amide bonds. The van der Waals surface area contributed by atoms with Crippen LogP contribution in [0.3, 0.4) is 0 Å². The number of carbonyl (C=O) groups is 2. The molecule has 2 N–H and O–H groups in total. The fourth-order valence-corrected chi connectivity index (χ4v) is 2.56. The Morgan fingerprint density at radius 1 is 1.24 bits per heavy atom. The maximum Gasteiger partial charge on any atom is 0.359 e. The minimum absolute atomic E-state index is 0.0148. The second kappa shape index (κ2) is 8.96. The summed E-state index contributed by atoms with van der Waals surface area (Å²) in [4.78, 5) is 35.8. The highest BCUT2D eigenvalue weighted by Crippen LogP contribution is 2.13. The molecule has 0 saturated heterocycles. The number of aromatic nitrogens is 2. The minimum Gasteiger partial charge on any atom is -0.451 e. The van der Waals surface area contributed by atoms with Gasteiger partial charge in [-0.05, 0) is 19.4 Å². The Bertz CT molecular complexity index is 800. The SMILES string of the molecule is CCCCC[C@@H](C)NC(=O)COC(=O)c1n[nH]c(=O)c2ccccc12. The number of nitrogens with zero attached hydrogens (tertiary/aromatic N) is 1. The van der Waals surface area contributed by atoms with Gasteiger partial charge in [0.05, 0.1) is 5.39 Å². The lowest BCUT2D eigenvalue weighted by Gasteiger charge is -2.13. The third-order valence-electron chi connectivity index (χ3n) is 3.87. The van der Waals surface area contributed by atoms with Gasteiger partial charge in [-0.15, -0.1) is 0 Å². The average Bonchev–Trinajstić information content (AvgIpc) is 2.60. The molecule has 1 heterocycles. The summed E-state index contributed by atoms with van der Waals surface area (Å²) in [7, 11) is 0. The van der Waals surface area contributed by atoms with E-state index in [9.17, 15) is 14.4 Å². The number of esters is 1. The van der Waals surface area contributed by atoms with Crippen molar-refractivity contribution >= 4 is 22.6 Å². The van der Waals surface area contributed by atoms with E-state index < -0.39 is 5.97 Å². The molecule has 1 atom stereocenters. The molecule has 0 unspecified atom stereocenters. The molecular weight excluding hydrogens is 322 g/mol. The van der Waals surface area contributed by atoms with Crippen molar-refractivity contribution in [2.45, 2.75) is 45.6 Å². The lowest BCUT2D eigenvalue weighted by Crippen LogP contribution is -2.36. The molecule has 1 aromatic carbocycles. The number of unbranched alkanes of at least 4 members (excludes halogenated alkanes) is 2. The number of aromatic amines is 1. The van der Waals surface area contributed by atoms with E-state index >= 15 is 0 Å². The monoisotopic (exact) mass is 345 g/mol. The first-order chi connectivity index (χ1) is 12.0. The molecule has 0 bridgehead atoms. The number of benzene rings is 1. The van der Waals surface area contributed by atoms with Crippen LogP contribution in [0.1, 0.15) is 50.0 Å². The van der Waals surface area contributed by atoms with E-state index in [1.807, 2.05) is 6.92 Å². The fraction of sp³-hybridized carbons (Fsp3) is 0.444. The summed E-state index contributed by atoms with van der Waals surface area (Å²) < 4.78 is 5.03. The highest BCUT2D eigenvalue weighted by atomic mass is 16.5. The highest BCUT2D eigenvalue weighted by molar-refractivity contribution is 6.02. The van der Waals surface area contributed by atoms with Gasteiger partial charge in [-0.3, -0.25) is 9.59 Å². The zero-order chi connectivity index (χ0) is 18.2. The van der Waals surface area contributed by atoms with Gasteiger partial charge in [0.2, 0.25) is 0 Å². The van der Waals surface area contributed by atoms with Gasteiger partial charge in [-0.1, -0.05) is 44.4 Å². The number of hydrogen-bond donors (Lipinski definition) is 2. The predicted octanol–water partition coefficient (Wildman–Crippen LogP) is 2.16. The van der Waals surface area contributed by atoms with Crippen molar-refractivity contribution in [3.63, 3.8) is 0 Å². The minimum atomic E-state index is -0.749. The molecule has 0 aliphatic heterocycles. The van der Waals surface area contributed by atoms with E-state index in [0.717, 1.165) is 25.7 Å². The zero-order valence-corrected chi connectivity index (χ0v) is 14.5. The van der Waals surface area contributed by atoms with Crippen molar-refractivity contribution in [2.24, 2.45) is 0 Å². The van der Waals surface area contributed by atoms with Crippen LogP contribution in [0.25, 0.3) is 10.8 Å². The summed E-state index contributed by atoms with van der Waals surface area (Å²) in [5.41, 5.74) is -0.398. The molecule has 2 rings (SSSR count). The number of rotatable bonds is 8. The van der Waals surface area contributed by atoms with Gasteiger partial charge in [0, 0.05) is 11.4 Å². The van der Waals surface area contributed by atoms with Crippen molar-refractivity contribution in [2.75, 3.05) is 6.61 Å². The first kappa shape index (κ1) is 18.6. The van der Waals surface area contributed by atoms with Gasteiger partial charge in [-0.25, -0.2) is 9.89 Å². The smallest absolute Gasteiger partial charge is 0.359 e. The molecule has 1 aromatic heterocycles. The van der Waals surface area contributed by atoms with Crippen molar-refractivity contribution in [1.82, 2.24) is 15.5 Å². The second-order valence-corrected chi connectivity index (χ2v) is 5.99. The van der Waals surface area contributed by atoms with Crippen LogP contribution in [0, 0.1) is 0 Å². The molecule has 0 radical (unpaired) electrons. The van der Waals surface area contributed by atoms with Gasteiger partial charge in [0.25, 0.3) is 11.5 Å². The third-order valence-corrected chi connectivity index (χ3v) is 3.87. The normalized spacial score (nSPS) is 11.9. The summed E-state index contributed by atoms with van der Waals surface area (Å²) >= 11 is 0. The van der Waals surface area contributed by atoms with Gasteiger partial charge < -0.3 is 10.1 Å². The van der Waals surface area contributed by atoms with E-state index in [1.165, 1.54) is 0 Å². The number of hydrogen-bond acceptors (Lipinski definition) is 5. The van der Waals surface area contributed by atoms with Crippen LogP contribution in [0.4, 0.5) is 0 Å². The molecule has 0 aliphatic rings. The molecule has 7 heteroatoms. The lowest BCUT2D eigenvalue weighted by molar-refractivity contribution is -0.124. The van der Waals surface area contributed by atoms with Crippen LogP contribution >= 0.6 is 0 Å². The van der Waals surface area contributed by atoms with Crippen LogP contribution in [-0.4, -0.2) is 34.7 Å². The maximum atomic E-state index is 12.2. The molecular formula is C18H23N3O4. The van der Waals surface area contributed by atoms with Crippen molar-refractivity contribution in [1.29, 1.82) is 0 Å². The summed E-state index contributed by atoms with van der Waals surface area (Å²) in [6, 6.07) is 6.64. The fourth-order valence-electron chi connectivity index (χ4n) is 2.56. The summed E-state index contributed by atoms with van der Waals surface area (Å²) in [5, 5.41) is 9.55. The quantitative estimate of drug-likeness (QED) is 0.564. The van der Waals surface area contributed by atoms with Gasteiger partial charge in [-0.2, -0.15) is 5.10 Å². The molecule has 0 spiro atoms. The second-order valence-electron chi connectivity index (χ2n) is 5.99. The molecule has 0 fully saturated rings. The Hall–Kier alpha value is -2.70. The largest absolute Gasteiger partial charge is 0.451 e. The Labute approximate surface area is 145 Å². The number of H-pyrrole nitrogens is 1. The van der Waals surface area contributed by atoms with E-state index in [4.69, 9.17) is 4.74 Å². The molecule has 0 aliphatic carbocycles. The van der Waals surface area contributed by atoms with E-state index in [1.54, 1.807) is 24.3 Å². The van der Waals surface area contributed by atoms with Crippen molar-refractivity contribution in [3.8, 4) is 0 Å². The summed E-state index contributed by atoms with van der Waals surface area (Å²) in [6.45, 7) is 3.66. The Morgan fingerprint density at radius 3 is 2.68 bits per heavy atom. The number of ether oxygens (including phenoxy) is 1. The first-order valence-electron chi connectivity index (χ1n) is 8.46. The van der Waals surface area contributed by atoms with E-state index in [2.05, 4.69) is 22.4 Å². The van der Waals surface area contributed by atoms with E-state index in [-0.39, 0.29) is 29.8 Å². The highest BCUT2D eigenvalue weighted by Gasteiger charge is 2.17. The van der Waals surface area contributed by atoms with E-state index in [0.29, 0.717) is 10.8 Å². The molecule has 134 valence electrons. The molecule has 0 saturated carbocycles. The Balaban J connectivity index is 1.94. The standard InChI is InChI=1S/C18H23N3O4/c1-3-4-5-8-12(2)19-15(22)11-25-18(24)16-13-9-6-7-10-14(13)17(23)21-20-16/h6-7,9-10,12H,3-5,8,11H2,1-2H3,(H,19,22)(H,21,23)/t12-/m1/s1. The number of amides is 1. The zero-order valence-electron chi connectivity index (χ0n) is 14.5. The molecule has 25 heavy (non-hydrogen) atoms. The van der Waals surface area contributed by atoms with Gasteiger partial charge in [0.1, 0.15) is 0 Å². The van der Waals surface area contributed by atoms with Crippen LogP contribution in [-0.2, 0) is 9.53 Å². The van der Waals surface area contributed by atoms with Crippen LogP contribution in [0.15, 0.2) is 29.1 Å². The van der Waals surface area contributed by atoms with Crippen LogP contribution in [0.5, 0.6) is 0 Å². The summed E-state index contributed by atoms with van der Waals surface area (Å²) in [5.74, 6) is -1.10.